The van der Waals surface area contributed by atoms with E-state index < -0.39 is 11.4 Å². The van der Waals surface area contributed by atoms with Gasteiger partial charge in [-0.2, -0.15) is 0 Å². The van der Waals surface area contributed by atoms with Gasteiger partial charge in [0.1, 0.15) is 0 Å². The normalized spacial score (nSPS) is 13.3. The summed E-state index contributed by atoms with van der Waals surface area (Å²) in [6.07, 6.45) is 0.459. The smallest absolute Gasteiger partial charge is 0.315 e. The Morgan fingerprint density at radius 2 is 2.00 bits per heavy atom. The molecule has 1 aromatic carbocycles. The molecule has 5 nitrogen and oxygen atoms in total. The second-order valence-electron chi connectivity index (χ2n) is 5.24. The molecular formula is C15H22N2O3. The van der Waals surface area contributed by atoms with E-state index in [2.05, 4.69) is 10.6 Å². The molecule has 0 aliphatic carbocycles. The van der Waals surface area contributed by atoms with Gasteiger partial charge >= 0.3 is 12.0 Å². The summed E-state index contributed by atoms with van der Waals surface area (Å²) in [6.45, 7) is 5.93. The highest BCUT2D eigenvalue weighted by molar-refractivity contribution is 5.77. The predicted molar refractivity (Wildman–Crippen MR) is 77.5 cm³/mol. The molecule has 2 amide bonds. The third-order valence-electron chi connectivity index (χ3n) is 3.47. The Labute approximate surface area is 119 Å². The van der Waals surface area contributed by atoms with Crippen LogP contribution < -0.4 is 10.6 Å². The van der Waals surface area contributed by atoms with E-state index in [9.17, 15) is 9.59 Å². The number of amides is 2. The molecule has 0 aliphatic rings. The standard InChI is InChI=1S/C15H22N2O3/c1-4-15(3,13(18)19)10-17-14(20)16-9-12-7-5-6-11(2)8-12/h5-8H,4,9-10H2,1-3H3,(H,18,19)(H2,16,17,20). The molecule has 0 aromatic heterocycles. The number of aliphatic carboxylic acids is 1. The van der Waals surface area contributed by atoms with Gasteiger partial charge < -0.3 is 15.7 Å². The van der Waals surface area contributed by atoms with Gasteiger partial charge in [-0.3, -0.25) is 4.79 Å². The van der Waals surface area contributed by atoms with E-state index in [1.165, 1.54) is 0 Å². The highest BCUT2D eigenvalue weighted by Crippen LogP contribution is 2.19. The number of hydrogen-bond donors (Lipinski definition) is 3. The highest BCUT2D eigenvalue weighted by atomic mass is 16.4. The fourth-order valence-electron chi connectivity index (χ4n) is 1.69. The van der Waals surface area contributed by atoms with Gasteiger partial charge in [0.25, 0.3) is 0 Å². The number of aryl methyl sites for hydroxylation is 1. The number of rotatable bonds is 6. The Hall–Kier alpha value is -2.04. The summed E-state index contributed by atoms with van der Waals surface area (Å²) in [5.41, 5.74) is 1.21. The lowest BCUT2D eigenvalue weighted by Gasteiger charge is -2.23. The van der Waals surface area contributed by atoms with Crippen LogP contribution in [0.2, 0.25) is 0 Å². The molecule has 0 spiro atoms. The first-order chi connectivity index (χ1) is 9.37. The molecule has 0 saturated carbocycles. The molecular weight excluding hydrogens is 256 g/mol. The lowest BCUT2D eigenvalue weighted by atomic mass is 9.88. The van der Waals surface area contributed by atoms with Gasteiger partial charge in [-0.1, -0.05) is 36.8 Å². The molecule has 0 radical (unpaired) electrons. The summed E-state index contributed by atoms with van der Waals surface area (Å²) in [7, 11) is 0. The summed E-state index contributed by atoms with van der Waals surface area (Å²) in [5, 5.41) is 14.4. The van der Waals surface area contributed by atoms with Crippen molar-refractivity contribution in [3.8, 4) is 0 Å². The minimum absolute atomic E-state index is 0.110. The van der Waals surface area contributed by atoms with Gasteiger partial charge in [0.05, 0.1) is 5.41 Å². The maximum Gasteiger partial charge on any atom is 0.315 e. The average molecular weight is 278 g/mol. The summed E-state index contributed by atoms with van der Waals surface area (Å²) in [4.78, 5) is 22.8. The molecule has 3 N–H and O–H groups in total. The van der Waals surface area contributed by atoms with Crippen molar-refractivity contribution in [2.24, 2.45) is 5.41 Å². The second kappa shape index (κ2) is 6.93. The van der Waals surface area contributed by atoms with Gasteiger partial charge in [0.15, 0.2) is 0 Å². The summed E-state index contributed by atoms with van der Waals surface area (Å²) < 4.78 is 0. The van der Waals surface area contributed by atoms with Gasteiger partial charge in [-0.25, -0.2) is 4.79 Å². The predicted octanol–water partition coefficient (Wildman–Crippen LogP) is 2.30. The van der Waals surface area contributed by atoms with Crippen LogP contribution in [0, 0.1) is 12.3 Å². The van der Waals surface area contributed by atoms with Crippen LogP contribution in [0.25, 0.3) is 0 Å². The van der Waals surface area contributed by atoms with Gasteiger partial charge in [0, 0.05) is 13.1 Å². The summed E-state index contributed by atoms with van der Waals surface area (Å²) in [5.74, 6) is -0.904. The van der Waals surface area contributed by atoms with Crippen molar-refractivity contribution < 1.29 is 14.7 Å². The Balaban J connectivity index is 2.43. The van der Waals surface area contributed by atoms with Crippen molar-refractivity contribution in [3.63, 3.8) is 0 Å². The van der Waals surface area contributed by atoms with Gasteiger partial charge in [0.2, 0.25) is 0 Å². The second-order valence-corrected chi connectivity index (χ2v) is 5.24. The van der Waals surface area contributed by atoms with Gasteiger partial charge in [-0.15, -0.1) is 0 Å². The summed E-state index contributed by atoms with van der Waals surface area (Å²) >= 11 is 0. The lowest BCUT2D eigenvalue weighted by Crippen LogP contribution is -2.44. The van der Waals surface area contributed by atoms with Crippen LogP contribution in [-0.4, -0.2) is 23.7 Å². The van der Waals surface area contributed by atoms with E-state index in [0.29, 0.717) is 13.0 Å². The molecule has 1 aromatic rings. The minimum atomic E-state index is -0.930. The maximum atomic E-state index is 11.7. The van der Waals surface area contributed by atoms with Crippen LogP contribution in [0.1, 0.15) is 31.4 Å². The first-order valence-electron chi connectivity index (χ1n) is 6.68. The van der Waals surface area contributed by atoms with E-state index >= 15 is 0 Å². The van der Waals surface area contributed by atoms with Gasteiger partial charge in [-0.05, 0) is 25.8 Å². The van der Waals surface area contributed by atoms with E-state index in [-0.39, 0.29) is 12.6 Å². The van der Waals surface area contributed by atoms with Crippen molar-refractivity contribution in [3.05, 3.63) is 35.4 Å². The Morgan fingerprint density at radius 1 is 1.30 bits per heavy atom. The van der Waals surface area contributed by atoms with Crippen LogP contribution >= 0.6 is 0 Å². The zero-order chi connectivity index (χ0) is 15.2. The molecule has 0 aliphatic heterocycles. The third-order valence-corrected chi connectivity index (χ3v) is 3.47. The SMILES string of the molecule is CCC(C)(CNC(=O)NCc1cccc(C)c1)C(=O)O. The van der Waals surface area contributed by atoms with Crippen molar-refractivity contribution in [2.75, 3.05) is 6.54 Å². The fourth-order valence-corrected chi connectivity index (χ4v) is 1.69. The molecule has 0 heterocycles. The van der Waals surface area contributed by atoms with Crippen LogP contribution in [0.15, 0.2) is 24.3 Å². The Kier molecular flexibility index (Phi) is 5.55. The highest BCUT2D eigenvalue weighted by Gasteiger charge is 2.31. The van der Waals surface area contributed by atoms with Crippen LogP contribution in [0.5, 0.6) is 0 Å². The topological polar surface area (TPSA) is 78.4 Å². The molecule has 1 rings (SSSR count). The van der Waals surface area contributed by atoms with E-state index in [0.717, 1.165) is 11.1 Å². The fraction of sp³-hybridized carbons (Fsp3) is 0.467. The van der Waals surface area contributed by atoms with Crippen LogP contribution in [0.3, 0.4) is 0 Å². The van der Waals surface area contributed by atoms with Crippen molar-refractivity contribution in [1.29, 1.82) is 0 Å². The number of carboxylic acid groups (broad SMARTS) is 1. The molecule has 5 heteroatoms. The molecule has 0 fully saturated rings. The minimum Gasteiger partial charge on any atom is -0.481 e. The first kappa shape index (κ1) is 16.0. The van der Waals surface area contributed by atoms with Crippen molar-refractivity contribution >= 4 is 12.0 Å². The van der Waals surface area contributed by atoms with E-state index in [1.54, 1.807) is 13.8 Å². The zero-order valence-electron chi connectivity index (χ0n) is 12.2. The van der Waals surface area contributed by atoms with Crippen LogP contribution in [0.4, 0.5) is 4.79 Å². The number of benzene rings is 1. The Bertz CT molecular complexity index is 488. The molecule has 110 valence electrons. The summed E-state index contributed by atoms with van der Waals surface area (Å²) in [6, 6.07) is 7.49. The first-order valence-corrected chi connectivity index (χ1v) is 6.68. The largest absolute Gasteiger partial charge is 0.481 e. The van der Waals surface area contributed by atoms with E-state index in [4.69, 9.17) is 5.11 Å². The third kappa shape index (κ3) is 4.57. The molecule has 1 unspecified atom stereocenters. The monoisotopic (exact) mass is 278 g/mol. The molecule has 0 saturated heterocycles. The molecule has 1 atom stereocenters. The number of carbonyl (C=O) groups excluding carboxylic acids is 1. The molecule has 20 heavy (non-hydrogen) atoms. The van der Waals surface area contributed by atoms with Crippen LogP contribution in [-0.2, 0) is 11.3 Å². The maximum absolute atomic E-state index is 11.7. The Morgan fingerprint density at radius 3 is 2.55 bits per heavy atom. The number of carbonyl (C=O) groups is 2. The quantitative estimate of drug-likeness (QED) is 0.747. The lowest BCUT2D eigenvalue weighted by molar-refractivity contribution is -0.147. The van der Waals surface area contributed by atoms with E-state index in [1.807, 2.05) is 31.2 Å². The van der Waals surface area contributed by atoms with Crippen molar-refractivity contribution in [2.45, 2.75) is 33.7 Å². The number of hydrogen-bond acceptors (Lipinski definition) is 2. The zero-order valence-corrected chi connectivity index (χ0v) is 12.2. The van der Waals surface area contributed by atoms with Crippen molar-refractivity contribution in [1.82, 2.24) is 10.6 Å². The number of urea groups is 1. The number of nitrogens with one attached hydrogen (secondary N) is 2. The molecule has 0 bridgehead atoms. The number of carboxylic acids is 1. The average Bonchev–Trinajstić information content (AvgIpc) is 2.42.